The van der Waals surface area contributed by atoms with Crippen molar-refractivity contribution < 1.29 is 13.9 Å². The van der Waals surface area contributed by atoms with Crippen molar-refractivity contribution in [2.75, 3.05) is 11.5 Å². The molecule has 2 aromatic carbocycles. The molecule has 0 aliphatic carbocycles. The molecular weight excluding hydrogens is 425 g/mol. The van der Waals surface area contributed by atoms with Crippen LogP contribution >= 0.6 is 39.9 Å². The predicted octanol–water partition coefficient (Wildman–Crippen LogP) is 5.39. The summed E-state index contributed by atoms with van der Waals surface area (Å²) in [6, 6.07) is 11.8. The summed E-state index contributed by atoms with van der Waals surface area (Å²) >= 11 is 9.72. The maximum absolute atomic E-state index is 13.3. The number of anilines is 1. The van der Waals surface area contributed by atoms with Gasteiger partial charge in [0.1, 0.15) is 11.6 Å². The molecule has 7 heteroatoms. The zero-order valence-corrected chi connectivity index (χ0v) is 16.4. The number of hydrogen-bond donors (Lipinski definition) is 0. The molecule has 1 saturated heterocycles. The Balaban J connectivity index is 1.86. The van der Waals surface area contributed by atoms with Crippen LogP contribution in [0.1, 0.15) is 12.5 Å². The maximum Gasteiger partial charge on any atom is 0.270 e. The number of carbonyl (C=O) groups excluding carboxylic acids is 1. The van der Waals surface area contributed by atoms with Crippen LogP contribution in [0.5, 0.6) is 5.75 Å². The van der Waals surface area contributed by atoms with Crippen molar-refractivity contribution in [3.8, 4) is 5.75 Å². The molecule has 1 amide bonds. The quantitative estimate of drug-likeness (QED) is 0.473. The molecule has 2 aromatic rings. The Bertz CT molecular complexity index is 868. The van der Waals surface area contributed by atoms with E-state index in [2.05, 4.69) is 15.9 Å². The van der Waals surface area contributed by atoms with E-state index in [1.807, 2.05) is 6.92 Å². The summed E-state index contributed by atoms with van der Waals surface area (Å²) in [6.07, 6.45) is 1.71. The predicted molar refractivity (Wildman–Crippen MR) is 107 cm³/mol. The SMILES string of the molecule is CCOc1ccc(N2C(=O)/C(=C\c3ccc(F)c(Br)c3)SC2=S)cc1. The van der Waals surface area contributed by atoms with Crippen molar-refractivity contribution in [1.29, 1.82) is 0 Å². The lowest BCUT2D eigenvalue weighted by molar-refractivity contribution is -0.113. The highest BCUT2D eigenvalue weighted by Crippen LogP contribution is 2.36. The van der Waals surface area contributed by atoms with E-state index in [4.69, 9.17) is 17.0 Å². The molecule has 1 heterocycles. The van der Waals surface area contributed by atoms with E-state index in [0.717, 1.165) is 11.3 Å². The van der Waals surface area contributed by atoms with Crippen LogP contribution in [0.25, 0.3) is 6.08 Å². The first-order chi connectivity index (χ1) is 12.0. The summed E-state index contributed by atoms with van der Waals surface area (Å²) in [4.78, 5) is 14.7. The number of ether oxygens (including phenoxy) is 1. The number of nitrogens with zero attached hydrogens (tertiary/aromatic N) is 1. The number of thiocarbonyl (C=S) groups is 1. The normalized spacial score (nSPS) is 16.0. The van der Waals surface area contributed by atoms with Gasteiger partial charge in [-0.25, -0.2) is 4.39 Å². The van der Waals surface area contributed by atoms with Crippen molar-refractivity contribution in [2.45, 2.75) is 6.92 Å². The lowest BCUT2D eigenvalue weighted by Gasteiger charge is -2.15. The Labute approximate surface area is 163 Å². The molecule has 128 valence electrons. The van der Waals surface area contributed by atoms with Gasteiger partial charge in [0, 0.05) is 0 Å². The van der Waals surface area contributed by atoms with Gasteiger partial charge in [0.2, 0.25) is 0 Å². The Morgan fingerprint density at radius 3 is 2.64 bits per heavy atom. The second-order valence-corrected chi connectivity index (χ2v) is 7.65. The summed E-state index contributed by atoms with van der Waals surface area (Å²) in [7, 11) is 0. The first-order valence-electron chi connectivity index (χ1n) is 7.45. The third-order valence-electron chi connectivity index (χ3n) is 3.44. The monoisotopic (exact) mass is 437 g/mol. The second kappa shape index (κ2) is 7.68. The topological polar surface area (TPSA) is 29.5 Å². The molecule has 0 spiro atoms. The van der Waals surface area contributed by atoms with Gasteiger partial charge >= 0.3 is 0 Å². The van der Waals surface area contributed by atoms with Gasteiger partial charge in [-0.05, 0) is 70.9 Å². The highest BCUT2D eigenvalue weighted by molar-refractivity contribution is 9.10. The molecule has 0 radical (unpaired) electrons. The number of amides is 1. The van der Waals surface area contributed by atoms with Crippen molar-refractivity contribution >= 4 is 61.9 Å². The highest BCUT2D eigenvalue weighted by Gasteiger charge is 2.33. The molecule has 0 saturated carbocycles. The minimum atomic E-state index is -0.348. The Morgan fingerprint density at radius 2 is 2.00 bits per heavy atom. The van der Waals surface area contributed by atoms with Crippen molar-refractivity contribution in [3.05, 3.63) is 63.2 Å². The summed E-state index contributed by atoms with van der Waals surface area (Å²) in [5.74, 6) is 0.196. The number of carbonyl (C=O) groups is 1. The Morgan fingerprint density at radius 1 is 1.28 bits per heavy atom. The molecule has 1 fully saturated rings. The van der Waals surface area contributed by atoms with Gasteiger partial charge in [0.25, 0.3) is 5.91 Å². The average molecular weight is 438 g/mol. The van der Waals surface area contributed by atoms with Gasteiger partial charge in [0.15, 0.2) is 4.32 Å². The number of benzene rings is 2. The zero-order chi connectivity index (χ0) is 18.0. The van der Waals surface area contributed by atoms with Gasteiger partial charge in [-0.3, -0.25) is 9.69 Å². The zero-order valence-electron chi connectivity index (χ0n) is 13.2. The fraction of sp³-hybridized carbons (Fsp3) is 0.111. The van der Waals surface area contributed by atoms with Gasteiger partial charge in [-0.15, -0.1) is 0 Å². The van der Waals surface area contributed by atoms with E-state index >= 15 is 0 Å². The summed E-state index contributed by atoms with van der Waals surface area (Å²) in [5, 5.41) is 0. The summed E-state index contributed by atoms with van der Waals surface area (Å²) in [6.45, 7) is 2.49. The van der Waals surface area contributed by atoms with E-state index in [1.54, 1.807) is 42.5 Å². The van der Waals surface area contributed by atoms with E-state index < -0.39 is 0 Å². The first kappa shape index (κ1) is 18.1. The van der Waals surface area contributed by atoms with Crippen molar-refractivity contribution in [1.82, 2.24) is 0 Å². The standard InChI is InChI=1S/C18H13BrFNO2S2/c1-2-23-13-6-4-12(5-7-13)21-17(22)16(25-18(21)24)10-11-3-8-15(20)14(19)9-11/h3-10H,2H2,1H3/b16-10+. The van der Waals surface area contributed by atoms with Crippen LogP contribution in [0.2, 0.25) is 0 Å². The van der Waals surface area contributed by atoms with Crippen LogP contribution in [-0.2, 0) is 4.79 Å². The highest BCUT2D eigenvalue weighted by atomic mass is 79.9. The largest absolute Gasteiger partial charge is 0.494 e. The molecule has 1 aliphatic rings. The molecule has 1 aliphatic heterocycles. The van der Waals surface area contributed by atoms with Crippen LogP contribution in [0, 0.1) is 5.82 Å². The fourth-order valence-electron chi connectivity index (χ4n) is 2.30. The van der Waals surface area contributed by atoms with Crippen molar-refractivity contribution in [3.63, 3.8) is 0 Å². The van der Waals surface area contributed by atoms with Crippen LogP contribution in [-0.4, -0.2) is 16.8 Å². The minimum Gasteiger partial charge on any atom is -0.494 e. The second-order valence-electron chi connectivity index (χ2n) is 5.12. The molecule has 0 unspecified atom stereocenters. The number of thioether (sulfide) groups is 1. The number of halogens is 2. The third kappa shape index (κ3) is 3.94. The molecule has 3 rings (SSSR count). The van der Waals surface area contributed by atoms with E-state index in [0.29, 0.717) is 26.0 Å². The molecule has 3 nitrogen and oxygen atoms in total. The molecule has 25 heavy (non-hydrogen) atoms. The lowest BCUT2D eigenvalue weighted by atomic mass is 10.2. The van der Waals surface area contributed by atoms with Crippen LogP contribution in [0.3, 0.4) is 0 Å². The van der Waals surface area contributed by atoms with E-state index in [-0.39, 0.29) is 11.7 Å². The number of hydrogen-bond acceptors (Lipinski definition) is 4. The first-order valence-corrected chi connectivity index (χ1v) is 9.47. The summed E-state index contributed by atoms with van der Waals surface area (Å²) < 4.78 is 19.6. The van der Waals surface area contributed by atoms with Crippen LogP contribution in [0.4, 0.5) is 10.1 Å². The summed E-state index contributed by atoms with van der Waals surface area (Å²) in [5.41, 5.74) is 1.41. The molecule has 0 aromatic heterocycles. The van der Waals surface area contributed by atoms with Gasteiger partial charge < -0.3 is 4.74 Å². The molecule has 0 atom stereocenters. The Hall–Kier alpha value is -1.70. The van der Waals surface area contributed by atoms with Crippen molar-refractivity contribution in [2.24, 2.45) is 0 Å². The molecular formula is C18H13BrFNO2S2. The minimum absolute atomic E-state index is 0.195. The smallest absolute Gasteiger partial charge is 0.270 e. The Kier molecular flexibility index (Phi) is 5.56. The lowest BCUT2D eigenvalue weighted by Crippen LogP contribution is -2.27. The molecule has 0 N–H and O–H groups in total. The number of rotatable bonds is 4. The van der Waals surface area contributed by atoms with E-state index in [9.17, 15) is 9.18 Å². The van der Waals surface area contributed by atoms with Gasteiger partial charge in [-0.1, -0.05) is 30.0 Å². The van der Waals surface area contributed by atoms with Gasteiger partial charge in [-0.2, -0.15) is 0 Å². The average Bonchev–Trinajstić information content (AvgIpc) is 2.86. The molecule has 0 bridgehead atoms. The fourth-order valence-corrected chi connectivity index (χ4v) is 4.00. The van der Waals surface area contributed by atoms with E-state index in [1.165, 1.54) is 22.7 Å². The third-order valence-corrected chi connectivity index (χ3v) is 5.35. The van der Waals surface area contributed by atoms with Gasteiger partial charge in [0.05, 0.1) is 21.7 Å². The van der Waals surface area contributed by atoms with Crippen LogP contribution in [0.15, 0.2) is 51.8 Å². The van der Waals surface area contributed by atoms with Crippen LogP contribution < -0.4 is 9.64 Å². The maximum atomic E-state index is 13.3.